The highest BCUT2D eigenvalue weighted by atomic mass is 16.2. The van der Waals surface area contributed by atoms with E-state index in [-0.39, 0.29) is 17.9 Å². The summed E-state index contributed by atoms with van der Waals surface area (Å²) in [5, 5.41) is 3.10. The van der Waals surface area contributed by atoms with E-state index in [1.54, 1.807) is 10.6 Å². The Labute approximate surface area is 147 Å². The van der Waals surface area contributed by atoms with Gasteiger partial charge >= 0.3 is 0 Å². The summed E-state index contributed by atoms with van der Waals surface area (Å²) in [4.78, 5) is 31.9. The minimum Gasteiger partial charge on any atom is -0.347 e. The van der Waals surface area contributed by atoms with E-state index < -0.39 is 0 Å². The summed E-state index contributed by atoms with van der Waals surface area (Å²) in [5.74, 6) is 0.0511. The van der Waals surface area contributed by atoms with Crippen molar-refractivity contribution in [3.05, 3.63) is 35.9 Å². The van der Waals surface area contributed by atoms with Gasteiger partial charge in [-0.05, 0) is 37.8 Å². The van der Waals surface area contributed by atoms with Gasteiger partial charge in [0, 0.05) is 25.3 Å². The summed E-state index contributed by atoms with van der Waals surface area (Å²) >= 11 is 0. The van der Waals surface area contributed by atoms with Gasteiger partial charge in [-0.1, -0.05) is 25.3 Å². The van der Waals surface area contributed by atoms with Crippen LogP contribution in [-0.2, 0) is 0 Å². The minimum atomic E-state index is -0.187. The number of imidazole rings is 1. The lowest BCUT2D eigenvalue weighted by Gasteiger charge is -2.22. The molecule has 0 atom stereocenters. The molecular weight excluding hydrogens is 316 g/mol. The standard InChI is InChI=1S/C19H24N4O2/c24-18(20-14-8-2-1-3-9-14)17-21-16(15-10-4-5-13-23(15)17)19(25)22-11-6-7-12-22/h4-5,10,13-14H,1-3,6-9,11-12H2,(H,20,24). The summed E-state index contributed by atoms with van der Waals surface area (Å²) < 4.78 is 1.74. The lowest BCUT2D eigenvalue weighted by molar-refractivity contribution is 0.0789. The average Bonchev–Trinajstić information content (AvgIpc) is 3.30. The van der Waals surface area contributed by atoms with E-state index in [1.807, 2.05) is 23.1 Å². The van der Waals surface area contributed by atoms with Crippen molar-refractivity contribution < 1.29 is 9.59 Å². The second-order valence-electron chi connectivity index (χ2n) is 7.05. The van der Waals surface area contributed by atoms with Crippen molar-refractivity contribution in [3.63, 3.8) is 0 Å². The first-order valence-electron chi connectivity index (χ1n) is 9.31. The predicted molar refractivity (Wildman–Crippen MR) is 94.7 cm³/mol. The highest BCUT2D eigenvalue weighted by Crippen LogP contribution is 2.20. The Morgan fingerprint density at radius 3 is 2.56 bits per heavy atom. The number of hydrogen-bond acceptors (Lipinski definition) is 3. The normalized spacial score (nSPS) is 18.6. The van der Waals surface area contributed by atoms with E-state index in [0.717, 1.165) is 51.6 Å². The predicted octanol–water partition coefficient (Wildman–Crippen LogP) is 2.63. The van der Waals surface area contributed by atoms with Crippen molar-refractivity contribution >= 4 is 17.3 Å². The topological polar surface area (TPSA) is 66.7 Å². The molecule has 25 heavy (non-hydrogen) atoms. The third kappa shape index (κ3) is 3.13. The van der Waals surface area contributed by atoms with Crippen LogP contribution in [0.4, 0.5) is 0 Å². The molecule has 2 fully saturated rings. The fourth-order valence-electron chi connectivity index (χ4n) is 3.92. The number of amides is 2. The number of nitrogens with zero attached hydrogens (tertiary/aromatic N) is 3. The van der Waals surface area contributed by atoms with Crippen molar-refractivity contribution in [1.82, 2.24) is 19.6 Å². The summed E-state index contributed by atoms with van der Waals surface area (Å²) in [5.41, 5.74) is 1.09. The molecule has 3 heterocycles. The number of pyridine rings is 1. The van der Waals surface area contributed by atoms with Crippen molar-refractivity contribution in [1.29, 1.82) is 0 Å². The molecular formula is C19H24N4O2. The van der Waals surface area contributed by atoms with E-state index in [1.165, 1.54) is 6.42 Å². The number of carbonyl (C=O) groups excluding carboxylic acids is 2. The number of nitrogens with one attached hydrogen (secondary N) is 1. The van der Waals surface area contributed by atoms with Crippen LogP contribution in [0.1, 0.15) is 66.1 Å². The Hall–Kier alpha value is -2.37. The Kier molecular flexibility index (Phi) is 4.42. The quantitative estimate of drug-likeness (QED) is 0.934. The Balaban J connectivity index is 1.64. The molecule has 2 aliphatic rings. The van der Waals surface area contributed by atoms with Crippen molar-refractivity contribution in [3.8, 4) is 0 Å². The molecule has 0 unspecified atom stereocenters. The van der Waals surface area contributed by atoms with Gasteiger partial charge in [-0.15, -0.1) is 0 Å². The summed E-state index contributed by atoms with van der Waals surface area (Å²) in [6.45, 7) is 1.54. The maximum atomic E-state index is 12.8. The molecule has 2 aromatic rings. The number of likely N-dealkylation sites (tertiary alicyclic amines) is 1. The van der Waals surface area contributed by atoms with E-state index >= 15 is 0 Å². The Morgan fingerprint density at radius 2 is 1.80 bits per heavy atom. The van der Waals surface area contributed by atoms with Crippen LogP contribution in [0.2, 0.25) is 0 Å². The molecule has 2 amide bonds. The third-order valence-corrected chi connectivity index (χ3v) is 5.29. The van der Waals surface area contributed by atoms with Crippen LogP contribution in [0.25, 0.3) is 5.52 Å². The van der Waals surface area contributed by atoms with Gasteiger partial charge < -0.3 is 10.2 Å². The Morgan fingerprint density at radius 1 is 1.04 bits per heavy atom. The largest absolute Gasteiger partial charge is 0.347 e. The summed E-state index contributed by atoms with van der Waals surface area (Å²) in [6, 6.07) is 5.81. The van der Waals surface area contributed by atoms with Crippen LogP contribution in [-0.4, -0.2) is 45.2 Å². The van der Waals surface area contributed by atoms with Crippen LogP contribution < -0.4 is 5.32 Å². The average molecular weight is 340 g/mol. The van der Waals surface area contributed by atoms with E-state index in [9.17, 15) is 9.59 Å². The zero-order valence-corrected chi connectivity index (χ0v) is 14.4. The van der Waals surface area contributed by atoms with Crippen LogP contribution >= 0.6 is 0 Å². The molecule has 0 spiro atoms. The van der Waals surface area contributed by atoms with Crippen molar-refractivity contribution in [2.45, 2.75) is 51.0 Å². The van der Waals surface area contributed by atoms with Crippen LogP contribution in [0.3, 0.4) is 0 Å². The molecule has 0 radical (unpaired) electrons. The second kappa shape index (κ2) is 6.86. The summed E-state index contributed by atoms with van der Waals surface area (Å²) in [6.07, 6.45) is 9.48. The molecule has 1 saturated heterocycles. The first kappa shape index (κ1) is 16.1. The van der Waals surface area contributed by atoms with Crippen LogP contribution in [0.15, 0.2) is 24.4 Å². The molecule has 1 N–H and O–H groups in total. The van der Waals surface area contributed by atoms with E-state index in [0.29, 0.717) is 17.0 Å². The van der Waals surface area contributed by atoms with Gasteiger partial charge in [-0.2, -0.15) is 0 Å². The van der Waals surface area contributed by atoms with Gasteiger partial charge in [0.1, 0.15) is 0 Å². The maximum absolute atomic E-state index is 12.8. The highest BCUT2D eigenvalue weighted by molar-refractivity contribution is 6.02. The molecule has 2 aromatic heterocycles. The van der Waals surface area contributed by atoms with Gasteiger partial charge in [0.05, 0.1) is 5.52 Å². The molecule has 6 nitrogen and oxygen atoms in total. The number of rotatable bonds is 3. The number of aromatic nitrogens is 2. The monoisotopic (exact) mass is 340 g/mol. The molecule has 1 saturated carbocycles. The molecule has 1 aliphatic carbocycles. The zero-order valence-electron chi connectivity index (χ0n) is 14.4. The van der Waals surface area contributed by atoms with Gasteiger partial charge in [0.15, 0.2) is 5.69 Å². The van der Waals surface area contributed by atoms with Gasteiger partial charge in [0.2, 0.25) is 5.82 Å². The molecule has 4 rings (SSSR count). The van der Waals surface area contributed by atoms with Crippen molar-refractivity contribution in [2.75, 3.05) is 13.1 Å². The SMILES string of the molecule is O=C(NC1CCCCC1)c1nc(C(=O)N2CCCC2)c2ccccn12. The fraction of sp³-hybridized carbons (Fsp3) is 0.526. The van der Waals surface area contributed by atoms with Gasteiger partial charge in [-0.25, -0.2) is 4.98 Å². The fourth-order valence-corrected chi connectivity index (χ4v) is 3.92. The van der Waals surface area contributed by atoms with Crippen LogP contribution in [0.5, 0.6) is 0 Å². The lowest BCUT2D eigenvalue weighted by Crippen LogP contribution is -2.37. The third-order valence-electron chi connectivity index (χ3n) is 5.29. The maximum Gasteiger partial charge on any atom is 0.287 e. The van der Waals surface area contributed by atoms with E-state index in [4.69, 9.17) is 0 Å². The summed E-state index contributed by atoms with van der Waals surface area (Å²) in [7, 11) is 0. The zero-order chi connectivity index (χ0) is 17.2. The Bertz CT molecular complexity index is 786. The molecule has 0 aromatic carbocycles. The molecule has 6 heteroatoms. The van der Waals surface area contributed by atoms with Gasteiger partial charge in [-0.3, -0.25) is 14.0 Å². The first-order chi connectivity index (χ1) is 12.2. The second-order valence-corrected chi connectivity index (χ2v) is 7.05. The van der Waals surface area contributed by atoms with Crippen LogP contribution in [0, 0.1) is 0 Å². The minimum absolute atomic E-state index is 0.0714. The molecule has 0 bridgehead atoms. The molecule has 1 aliphatic heterocycles. The number of hydrogen-bond donors (Lipinski definition) is 1. The van der Waals surface area contributed by atoms with Gasteiger partial charge in [0.25, 0.3) is 11.8 Å². The smallest absolute Gasteiger partial charge is 0.287 e. The highest BCUT2D eigenvalue weighted by Gasteiger charge is 2.27. The first-order valence-corrected chi connectivity index (χ1v) is 9.31. The number of fused-ring (bicyclic) bond motifs is 1. The van der Waals surface area contributed by atoms with E-state index in [2.05, 4.69) is 10.3 Å². The molecule has 132 valence electrons. The number of carbonyl (C=O) groups is 2. The lowest BCUT2D eigenvalue weighted by atomic mass is 9.95. The van der Waals surface area contributed by atoms with Crippen molar-refractivity contribution in [2.24, 2.45) is 0 Å².